The summed E-state index contributed by atoms with van der Waals surface area (Å²) >= 11 is 0. The van der Waals surface area contributed by atoms with Crippen molar-refractivity contribution in [3.8, 4) is 0 Å². The summed E-state index contributed by atoms with van der Waals surface area (Å²) in [5, 5.41) is 0. The zero-order valence-electron chi connectivity index (χ0n) is 16.4. The summed E-state index contributed by atoms with van der Waals surface area (Å²) in [5.74, 6) is -3.98. The van der Waals surface area contributed by atoms with Gasteiger partial charge in [-0.2, -0.15) is 0 Å². The lowest BCUT2D eigenvalue weighted by molar-refractivity contribution is -0.199. The molecule has 2 bridgehead atoms. The van der Waals surface area contributed by atoms with Gasteiger partial charge in [-0.15, -0.1) is 0 Å². The van der Waals surface area contributed by atoms with Crippen molar-refractivity contribution >= 4 is 13.0 Å². The lowest BCUT2D eigenvalue weighted by Gasteiger charge is -2.64. The van der Waals surface area contributed by atoms with E-state index in [1.165, 1.54) is 13.3 Å². The van der Waals surface area contributed by atoms with Crippen LogP contribution in [0.1, 0.15) is 60.3 Å². The molecule has 0 aromatic heterocycles. The summed E-state index contributed by atoms with van der Waals surface area (Å²) in [7, 11) is -0.496. The topological polar surface area (TPSA) is 38.8 Å². The Morgan fingerprint density at radius 3 is 2.62 bits per heavy atom. The number of likely N-dealkylation sites (tertiary alicyclic amines) is 1. The third-order valence-electron chi connectivity index (χ3n) is 8.00. The predicted molar refractivity (Wildman–Crippen MR) is 94.6 cm³/mol. The van der Waals surface area contributed by atoms with Crippen LogP contribution in [-0.2, 0) is 14.1 Å². The van der Waals surface area contributed by atoms with E-state index in [1.807, 2.05) is 0 Å². The van der Waals surface area contributed by atoms with Crippen LogP contribution in [-0.4, -0.2) is 48.0 Å². The van der Waals surface area contributed by atoms with Crippen LogP contribution in [0.25, 0.3) is 0 Å². The van der Waals surface area contributed by atoms with Gasteiger partial charge in [0.05, 0.1) is 23.6 Å². The van der Waals surface area contributed by atoms with Crippen molar-refractivity contribution in [2.24, 2.45) is 23.2 Å². The summed E-state index contributed by atoms with van der Waals surface area (Å²) in [6.45, 7) is 9.39. The van der Waals surface area contributed by atoms with Crippen molar-refractivity contribution < 1.29 is 22.9 Å². The van der Waals surface area contributed by atoms with Crippen LogP contribution in [0.5, 0.6) is 0 Å². The van der Waals surface area contributed by atoms with Gasteiger partial charge in [0, 0.05) is 13.5 Å². The first-order chi connectivity index (χ1) is 12.0. The van der Waals surface area contributed by atoms with Crippen LogP contribution in [0.3, 0.4) is 0 Å². The highest BCUT2D eigenvalue weighted by Crippen LogP contribution is 2.65. The lowest BCUT2D eigenvalue weighted by atomic mass is 9.43. The van der Waals surface area contributed by atoms with E-state index in [1.54, 1.807) is 4.90 Å². The molecule has 5 fully saturated rings. The van der Waals surface area contributed by atoms with Crippen molar-refractivity contribution in [2.45, 2.75) is 83.9 Å². The number of hydrogen-bond donors (Lipinski definition) is 0. The molecule has 4 unspecified atom stereocenters. The molecule has 1 amide bonds. The Kier molecular flexibility index (Phi) is 4.07. The minimum Gasteiger partial charge on any atom is -0.404 e. The summed E-state index contributed by atoms with van der Waals surface area (Å²) < 4.78 is 40.1. The Morgan fingerprint density at radius 1 is 1.31 bits per heavy atom. The molecule has 0 radical (unpaired) electrons. The number of hydrogen-bond acceptors (Lipinski definition) is 3. The van der Waals surface area contributed by atoms with E-state index in [0.717, 1.165) is 26.2 Å². The van der Waals surface area contributed by atoms with Crippen molar-refractivity contribution in [1.82, 2.24) is 4.90 Å². The van der Waals surface area contributed by atoms with Crippen LogP contribution < -0.4 is 0 Å². The zero-order valence-corrected chi connectivity index (χ0v) is 16.4. The van der Waals surface area contributed by atoms with Gasteiger partial charge in [0.15, 0.2) is 0 Å². The molecule has 5 aliphatic rings. The van der Waals surface area contributed by atoms with Crippen molar-refractivity contribution in [3.63, 3.8) is 0 Å². The highest BCUT2D eigenvalue weighted by molar-refractivity contribution is 6.48. The third kappa shape index (κ3) is 2.49. The molecule has 6 atom stereocenters. The molecular formula is C19H30BF2NO3. The van der Waals surface area contributed by atoms with Crippen molar-refractivity contribution in [1.29, 1.82) is 0 Å². The highest BCUT2D eigenvalue weighted by atomic mass is 19.3. The van der Waals surface area contributed by atoms with E-state index in [-0.39, 0.29) is 23.1 Å². The number of carbonyl (C=O) groups excluding carboxylic acids is 1. The molecule has 146 valence electrons. The lowest BCUT2D eigenvalue weighted by Crippen LogP contribution is -2.65. The van der Waals surface area contributed by atoms with Gasteiger partial charge in [-0.05, 0) is 56.8 Å². The number of halogens is 2. The molecule has 0 aromatic carbocycles. The number of carbonyl (C=O) groups is 1. The quantitative estimate of drug-likeness (QED) is 0.715. The summed E-state index contributed by atoms with van der Waals surface area (Å²) in [6, 6.07) is 0. The fraction of sp³-hybridized carbons (Fsp3) is 0.947. The molecule has 4 nitrogen and oxygen atoms in total. The number of rotatable bonds is 3. The second-order valence-corrected chi connectivity index (χ2v) is 9.76. The summed E-state index contributed by atoms with van der Waals surface area (Å²) in [4.78, 5) is 14.3. The van der Waals surface area contributed by atoms with Crippen LogP contribution in [0.15, 0.2) is 0 Å². The second kappa shape index (κ2) is 5.66. The van der Waals surface area contributed by atoms with Crippen LogP contribution in [0.2, 0.25) is 0 Å². The standard InChI is InChI=1S/C19H30BF2NO3/c1-11(19(5,21)22)16(24)23-8-6-7-15(23)20-25-14-10-12-9-13(17(12,2)3)18(14,4)26-20/h11-15H,6-10H2,1-5H3/t11-,12?,13?,14?,15?,18+/m1/s1. The fourth-order valence-electron chi connectivity index (χ4n) is 5.88. The predicted octanol–water partition coefficient (Wildman–Crippen LogP) is 3.54. The van der Waals surface area contributed by atoms with E-state index >= 15 is 0 Å². The van der Waals surface area contributed by atoms with Crippen LogP contribution >= 0.6 is 0 Å². The molecule has 2 saturated heterocycles. The minimum atomic E-state index is -3.02. The van der Waals surface area contributed by atoms with Gasteiger partial charge in [-0.25, -0.2) is 8.78 Å². The largest absolute Gasteiger partial charge is 0.481 e. The first-order valence-corrected chi connectivity index (χ1v) is 9.98. The van der Waals surface area contributed by atoms with Crippen LogP contribution in [0.4, 0.5) is 8.78 Å². The Bertz CT molecular complexity index is 610. The molecule has 26 heavy (non-hydrogen) atoms. The second-order valence-electron chi connectivity index (χ2n) is 9.76. The van der Waals surface area contributed by atoms with E-state index < -0.39 is 24.9 Å². The van der Waals surface area contributed by atoms with Gasteiger partial charge in [0.25, 0.3) is 5.92 Å². The maximum Gasteiger partial charge on any atom is 0.481 e. The van der Waals surface area contributed by atoms with Gasteiger partial charge < -0.3 is 14.2 Å². The number of amides is 1. The van der Waals surface area contributed by atoms with E-state index in [2.05, 4.69) is 20.8 Å². The molecule has 3 saturated carbocycles. The monoisotopic (exact) mass is 369 g/mol. The Labute approximate surface area is 155 Å². The smallest absolute Gasteiger partial charge is 0.404 e. The molecule has 0 N–H and O–H groups in total. The minimum absolute atomic E-state index is 0.0480. The normalized spacial score (nSPS) is 42.4. The van der Waals surface area contributed by atoms with E-state index in [4.69, 9.17) is 9.31 Å². The summed E-state index contributed by atoms with van der Waals surface area (Å²) in [6.07, 6.45) is 3.76. The van der Waals surface area contributed by atoms with Crippen molar-refractivity contribution in [2.75, 3.05) is 6.54 Å². The van der Waals surface area contributed by atoms with Gasteiger partial charge >= 0.3 is 7.12 Å². The maximum atomic E-state index is 13.7. The highest BCUT2D eigenvalue weighted by Gasteiger charge is 2.69. The molecular weight excluding hydrogens is 339 g/mol. The van der Waals surface area contributed by atoms with Gasteiger partial charge in [-0.3, -0.25) is 4.79 Å². The number of alkyl halides is 2. The maximum absolute atomic E-state index is 13.7. The molecule has 7 heteroatoms. The van der Waals surface area contributed by atoms with E-state index in [0.29, 0.717) is 18.4 Å². The van der Waals surface area contributed by atoms with Gasteiger partial charge in [0.1, 0.15) is 0 Å². The number of nitrogens with zero attached hydrogens (tertiary/aromatic N) is 1. The fourth-order valence-corrected chi connectivity index (χ4v) is 5.88. The molecule has 2 heterocycles. The first-order valence-electron chi connectivity index (χ1n) is 9.98. The molecule has 5 rings (SSSR count). The SMILES string of the molecule is C[C@H](C(=O)N1CCCC1B1OC2CC3CC(C3(C)C)[C@]2(C)O1)C(C)(F)F. The average molecular weight is 369 g/mol. The average Bonchev–Trinajstić information content (AvgIpc) is 3.14. The molecule has 3 aliphatic carbocycles. The van der Waals surface area contributed by atoms with Gasteiger partial charge in [0.2, 0.25) is 5.91 Å². The first kappa shape index (κ1) is 18.7. The Balaban J connectivity index is 1.51. The van der Waals surface area contributed by atoms with Gasteiger partial charge in [-0.1, -0.05) is 13.8 Å². The van der Waals surface area contributed by atoms with E-state index in [9.17, 15) is 13.6 Å². The Hall–Kier alpha value is -0.685. The third-order valence-corrected chi connectivity index (χ3v) is 8.00. The Morgan fingerprint density at radius 2 is 2.00 bits per heavy atom. The van der Waals surface area contributed by atoms with Crippen molar-refractivity contribution in [3.05, 3.63) is 0 Å². The van der Waals surface area contributed by atoms with Crippen LogP contribution in [0, 0.1) is 23.2 Å². The molecule has 0 aromatic rings. The zero-order chi connectivity index (χ0) is 19.1. The molecule has 2 aliphatic heterocycles. The molecule has 0 spiro atoms. The summed E-state index contributed by atoms with van der Waals surface area (Å²) in [5.41, 5.74) is -0.0754.